The van der Waals surface area contributed by atoms with Gasteiger partial charge in [-0.1, -0.05) is 13.8 Å². The van der Waals surface area contributed by atoms with Gasteiger partial charge in [-0.2, -0.15) is 0 Å². The molecular formula is C14H23BrN4O3. The Hall–Kier alpha value is -0.960. The second kappa shape index (κ2) is 8.61. The topological polar surface area (TPSA) is 79.7 Å². The van der Waals surface area contributed by atoms with E-state index in [0.717, 1.165) is 13.1 Å². The second-order valence-electron chi connectivity index (χ2n) is 5.45. The third-order valence-corrected chi connectivity index (χ3v) is 3.56. The molecule has 2 N–H and O–H groups in total. The molecular weight excluding hydrogens is 352 g/mol. The predicted octanol–water partition coefficient (Wildman–Crippen LogP) is 0.813. The number of morpholine rings is 1. The van der Waals surface area contributed by atoms with Gasteiger partial charge in [0.05, 0.1) is 19.4 Å². The lowest BCUT2D eigenvalue weighted by Crippen LogP contribution is -2.38. The quantitative estimate of drug-likeness (QED) is 0.730. The van der Waals surface area contributed by atoms with Crippen LogP contribution in [0.2, 0.25) is 0 Å². The first kappa shape index (κ1) is 17.4. The molecule has 1 atom stereocenters. The van der Waals surface area contributed by atoms with Crippen LogP contribution in [0.3, 0.4) is 0 Å². The van der Waals surface area contributed by atoms with Gasteiger partial charge in [0.15, 0.2) is 5.82 Å². The fourth-order valence-electron chi connectivity index (χ4n) is 2.04. The number of nitrogens with one attached hydrogen (secondary N) is 1. The first-order valence-corrected chi connectivity index (χ1v) is 8.25. The molecule has 0 aliphatic carbocycles. The van der Waals surface area contributed by atoms with Crippen molar-refractivity contribution in [1.82, 2.24) is 15.3 Å². The minimum Gasteiger partial charge on any atom is -0.472 e. The minimum atomic E-state index is -0.592. The number of anilines is 1. The van der Waals surface area contributed by atoms with Crippen LogP contribution in [0.5, 0.6) is 5.88 Å². The molecule has 0 aromatic carbocycles. The Bertz CT molecular complexity index is 469. The Morgan fingerprint density at radius 2 is 2.18 bits per heavy atom. The second-order valence-corrected chi connectivity index (χ2v) is 6.26. The van der Waals surface area contributed by atoms with Gasteiger partial charge in [0.25, 0.3) is 5.88 Å². The van der Waals surface area contributed by atoms with Gasteiger partial charge in [-0.15, -0.1) is 0 Å². The van der Waals surface area contributed by atoms with Gasteiger partial charge in [-0.3, -0.25) is 0 Å². The van der Waals surface area contributed by atoms with Crippen molar-refractivity contribution >= 4 is 21.7 Å². The number of hydrogen-bond acceptors (Lipinski definition) is 7. The molecule has 1 aromatic rings. The molecule has 1 aromatic heterocycles. The van der Waals surface area contributed by atoms with Crippen LogP contribution in [0.15, 0.2) is 10.8 Å². The highest BCUT2D eigenvalue weighted by Crippen LogP contribution is 2.26. The van der Waals surface area contributed by atoms with Crippen molar-refractivity contribution < 1.29 is 14.6 Å². The van der Waals surface area contributed by atoms with Crippen molar-refractivity contribution in [3.05, 3.63) is 10.8 Å². The van der Waals surface area contributed by atoms with Crippen LogP contribution in [0.4, 0.5) is 5.82 Å². The smallest absolute Gasteiger partial charge is 0.257 e. The van der Waals surface area contributed by atoms with E-state index in [1.807, 2.05) is 13.8 Å². The Morgan fingerprint density at radius 3 is 2.86 bits per heavy atom. The average molecular weight is 375 g/mol. The lowest BCUT2D eigenvalue weighted by Gasteiger charge is -2.28. The molecule has 2 heterocycles. The molecule has 8 heteroatoms. The van der Waals surface area contributed by atoms with E-state index >= 15 is 0 Å². The number of rotatable bonds is 7. The van der Waals surface area contributed by atoms with Crippen LogP contribution < -0.4 is 15.0 Å². The zero-order valence-corrected chi connectivity index (χ0v) is 14.5. The molecule has 1 unspecified atom stereocenters. The maximum absolute atomic E-state index is 9.94. The standard InChI is InChI=1S/C14H23BrN4O3/c1-10(2)16-7-11(20)9-22-14-13(18-12(15)8-17-14)19-3-5-21-6-4-19/h8,10-11,16,20H,3-7,9H2,1-2H3. The first-order valence-electron chi connectivity index (χ1n) is 7.45. The molecule has 0 saturated carbocycles. The van der Waals surface area contributed by atoms with E-state index in [0.29, 0.717) is 42.1 Å². The van der Waals surface area contributed by atoms with Crippen molar-refractivity contribution in [3.8, 4) is 5.88 Å². The number of hydrogen-bond donors (Lipinski definition) is 2. The summed E-state index contributed by atoms with van der Waals surface area (Å²) < 4.78 is 11.7. The summed E-state index contributed by atoms with van der Waals surface area (Å²) in [6.45, 7) is 7.54. The summed E-state index contributed by atoms with van der Waals surface area (Å²) in [6, 6.07) is 0.325. The molecule has 22 heavy (non-hydrogen) atoms. The normalized spacial score (nSPS) is 16.9. The Kier molecular flexibility index (Phi) is 6.81. The van der Waals surface area contributed by atoms with Crippen LogP contribution in [0, 0.1) is 0 Å². The lowest BCUT2D eigenvalue weighted by atomic mass is 10.3. The fourth-order valence-corrected chi connectivity index (χ4v) is 2.31. The van der Waals surface area contributed by atoms with E-state index in [9.17, 15) is 5.11 Å². The Morgan fingerprint density at radius 1 is 1.45 bits per heavy atom. The summed E-state index contributed by atoms with van der Waals surface area (Å²) in [6.07, 6.45) is 1.00. The van der Waals surface area contributed by atoms with Gasteiger partial charge < -0.3 is 24.8 Å². The highest BCUT2D eigenvalue weighted by molar-refractivity contribution is 9.10. The number of ether oxygens (including phenoxy) is 2. The van der Waals surface area contributed by atoms with Crippen LogP contribution in [-0.4, -0.2) is 66.7 Å². The number of aliphatic hydroxyl groups is 1. The molecule has 1 aliphatic heterocycles. The van der Waals surface area contributed by atoms with Gasteiger partial charge in [-0.05, 0) is 15.9 Å². The SMILES string of the molecule is CC(C)NCC(O)COc1ncc(Br)nc1N1CCOCC1. The first-order chi connectivity index (χ1) is 10.6. The zero-order valence-electron chi connectivity index (χ0n) is 13.0. The molecule has 7 nitrogen and oxygen atoms in total. The number of aliphatic hydroxyl groups excluding tert-OH is 1. The summed E-state index contributed by atoms with van der Waals surface area (Å²) in [7, 11) is 0. The van der Waals surface area contributed by atoms with Crippen molar-refractivity contribution in [3.63, 3.8) is 0 Å². The van der Waals surface area contributed by atoms with E-state index in [1.54, 1.807) is 6.20 Å². The molecule has 1 fully saturated rings. The molecule has 1 aliphatic rings. The van der Waals surface area contributed by atoms with Crippen molar-refractivity contribution in [2.45, 2.75) is 26.0 Å². The largest absolute Gasteiger partial charge is 0.472 e. The van der Waals surface area contributed by atoms with Crippen LogP contribution >= 0.6 is 15.9 Å². The molecule has 0 amide bonds. The minimum absolute atomic E-state index is 0.174. The lowest BCUT2D eigenvalue weighted by molar-refractivity contribution is 0.101. The molecule has 0 spiro atoms. The summed E-state index contributed by atoms with van der Waals surface area (Å²) in [4.78, 5) is 10.8. The van der Waals surface area contributed by atoms with Crippen LogP contribution in [0.1, 0.15) is 13.8 Å². The molecule has 1 saturated heterocycles. The summed E-state index contributed by atoms with van der Waals surface area (Å²) in [5.41, 5.74) is 0. The molecule has 124 valence electrons. The summed E-state index contributed by atoms with van der Waals surface area (Å²) in [5, 5.41) is 13.1. The van der Waals surface area contributed by atoms with Gasteiger partial charge in [-0.25, -0.2) is 9.97 Å². The van der Waals surface area contributed by atoms with Gasteiger partial charge in [0, 0.05) is 25.7 Å². The average Bonchev–Trinajstić information content (AvgIpc) is 2.52. The van der Waals surface area contributed by atoms with E-state index in [-0.39, 0.29) is 6.61 Å². The van der Waals surface area contributed by atoms with E-state index in [2.05, 4.69) is 36.1 Å². The molecule has 0 radical (unpaired) electrons. The van der Waals surface area contributed by atoms with E-state index in [1.165, 1.54) is 0 Å². The van der Waals surface area contributed by atoms with Crippen molar-refractivity contribution in [1.29, 1.82) is 0 Å². The summed E-state index contributed by atoms with van der Waals surface area (Å²) in [5.74, 6) is 1.12. The third-order valence-electron chi connectivity index (χ3n) is 3.18. The maximum atomic E-state index is 9.94. The molecule has 0 bridgehead atoms. The number of halogens is 1. The van der Waals surface area contributed by atoms with Crippen molar-refractivity contribution in [2.75, 3.05) is 44.4 Å². The van der Waals surface area contributed by atoms with Crippen LogP contribution in [-0.2, 0) is 4.74 Å². The van der Waals surface area contributed by atoms with Gasteiger partial charge in [0.2, 0.25) is 0 Å². The zero-order chi connectivity index (χ0) is 15.9. The van der Waals surface area contributed by atoms with E-state index < -0.39 is 6.10 Å². The highest BCUT2D eigenvalue weighted by atomic mass is 79.9. The van der Waals surface area contributed by atoms with Crippen molar-refractivity contribution in [2.24, 2.45) is 0 Å². The third kappa shape index (κ3) is 5.35. The fraction of sp³-hybridized carbons (Fsp3) is 0.714. The number of aromatic nitrogens is 2. The predicted molar refractivity (Wildman–Crippen MR) is 87.4 cm³/mol. The Labute approximate surface area is 139 Å². The summed E-state index contributed by atoms with van der Waals surface area (Å²) >= 11 is 3.34. The molecule has 2 rings (SSSR count). The van der Waals surface area contributed by atoms with Gasteiger partial charge in [0.1, 0.15) is 17.3 Å². The van der Waals surface area contributed by atoms with E-state index in [4.69, 9.17) is 9.47 Å². The van der Waals surface area contributed by atoms with Crippen LogP contribution in [0.25, 0.3) is 0 Å². The Balaban J connectivity index is 1.97. The van der Waals surface area contributed by atoms with Gasteiger partial charge >= 0.3 is 0 Å². The number of nitrogens with zero attached hydrogens (tertiary/aromatic N) is 3. The maximum Gasteiger partial charge on any atom is 0.257 e. The highest BCUT2D eigenvalue weighted by Gasteiger charge is 2.19. The monoisotopic (exact) mass is 374 g/mol.